The highest BCUT2D eigenvalue weighted by atomic mass is 16.5. The van der Waals surface area contributed by atoms with E-state index in [0.717, 1.165) is 32.1 Å². The van der Waals surface area contributed by atoms with Crippen molar-refractivity contribution in [3.05, 3.63) is 18.3 Å². The number of nitrogens with zero attached hydrogens (tertiary/aromatic N) is 2. The van der Waals surface area contributed by atoms with E-state index in [-0.39, 0.29) is 12.5 Å². The van der Waals surface area contributed by atoms with Gasteiger partial charge in [0.2, 0.25) is 5.91 Å². The number of carbonyl (C=O) groups is 1. The van der Waals surface area contributed by atoms with Gasteiger partial charge < -0.3 is 19.7 Å². The van der Waals surface area contributed by atoms with Crippen LogP contribution in [-0.2, 0) is 14.3 Å². The number of rotatable bonds is 5. The molecule has 1 aliphatic rings. The first-order valence-corrected chi connectivity index (χ1v) is 6.46. The molecule has 1 aromatic rings. The van der Waals surface area contributed by atoms with Gasteiger partial charge in [0.25, 0.3) is 0 Å². The Morgan fingerprint density at radius 3 is 2.89 bits per heavy atom. The minimum Gasteiger partial charge on any atom is -0.378 e. The summed E-state index contributed by atoms with van der Waals surface area (Å²) in [5.41, 5.74) is 0.682. The molecule has 2 rings (SSSR count). The van der Waals surface area contributed by atoms with Crippen LogP contribution in [0.3, 0.4) is 0 Å². The highest BCUT2D eigenvalue weighted by Crippen LogP contribution is 2.15. The second-order valence-electron chi connectivity index (χ2n) is 4.19. The molecule has 6 nitrogen and oxygen atoms in total. The number of ether oxygens (including phenoxy) is 2. The molecule has 1 aliphatic heterocycles. The molecule has 104 valence electrons. The van der Waals surface area contributed by atoms with Gasteiger partial charge in [-0.1, -0.05) is 0 Å². The Kier molecular flexibility index (Phi) is 5.11. The minimum atomic E-state index is -0.164. The summed E-state index contributed by atoms with van der Waals surface area (Å²) in [4.78, 5) is 18.0. The summed E-state index contributed by atoms with van der Waals surface area (Å²) in [5.74, 6) is 0.744. The number of morpholine rings is 1. The second-order valence-corrected chi connectivity index (χ2v) is 4.19. The fourth-order valence-electron chi connectivity index (χ4n) is 1.83. The SMILES string of the molecule is CCOCC(=O)Nc1ccc(N2CCOCC2)nc1. The average molecular weight is 265 g/mol. The van der Waals surface area contributed by atoms with Crippen molar-refractivity contribution in [2.24, 2.45) is 0 Å². The van der Waals surface area contributed by atoms with Crippen LogP contribution in [-0.4, -0.2) is 50.4 Å². The zero-order valence-electron chi connectivity index (χ0n) is 11.1. The van der Waals surface area contributed by atoms with Crippen molar-refractivity contribution in [1.29, 1.82) is 0 Å². The average Bonchev–Trinajstić information content (AvgIpc) is 2.47. The Labute approximate surface area is 112 Å². The molecule has 0 spiro atoms. The van der Waals surface area contributed by atoms with E-state index >= 15 is 0 Å². The lowest BCUT2D eigenvalue weighted by molar-refractivity contribution is -0.120. The third-order valence-electron chi connectivity index (χ3n) is 2.80. The predicted octanol–water partition coefficient (Wildman–Crippen LogP) is 0.893. The van der Waals surface area contributed by atoms with Crippen LogP contribution in [0, 0.1) is 0 Å². The van der Waals surface area contributed by atoms with Gasteiger partial charge >= 0.3 is 0 Å². The van der Waals surface area contributed by atoms with Gasteiger partial charge in [0.15, 0.2) is 0 Å². The van der Waals surface area contributed by atoms with Gasteiger partial charge in [0.1, 0.15) is 12.4 Å². The molecule has 2 heterocycles. The van der Waals surface area contributed by atoms with E-state index in [0.29, 0.717) is 12.3 Å². The molecular weight excluding hydrogens is 246 g/mol. The van der Waals surface area contributed by atoms with Gasteiger partial charge in [0, 0.05) is 19.7 Å². The van der Waals surface area contributed by atoms with E-state index < -0.39 is 0 Å². The van der Waals surface area contributed by atoms with Crippen molar-refractivity contribution >= 4 is 17.4 Å². The van der Waals surface area contributed by atoms with E-state index in [1.54, 1.807) is 6.20 Å². The molecule has 0 unspecified atom stereocenters. The Morgan fingerprint density at radius 2 is 2.26 bits per heavy atom. The first-order valence-electron chi connectivity index (χ1n) is 6.46. The van der Waals surface area contributed by atoms with E-state index in [1.165, 1.54) is 0 Å². The van der Waals surface area contributed by atoms with Crippen LogP contribution >= 0.6 is 0 Å². The molecule has 0 aromatic carbocycles. The van der Waals surface area contributed by atoms with Gasteiger partial charge in [-0.2, -0.15) is 0 Å². The standard InChI is InChI=1S/C13H19N3O3/c1-2-18-10-13(17)15-11-3-4-12(14-9-11)16-5-7-19-8-6-16/h3-4,9H,2,5-8,10H2,1H3,(H,15,17). The van der Waals surface area contributed by atoms with E-state index in [2.05, 4.69) is 15.2 Å². The van der Waals surface area contributed by atoms with Crippen LogP contribution in [0.4, 0.5) is 11.5 Å². The van der Waals surface area contributed by atoms with Crippen LogP contribution in [0.5, 0.6) is 0 Å². The number of amides is 1. The minimum absolute atomic E-state index is 0.0711. The van der Waals surface area contributed by atoms with Crippen LogP contribution in [0.15, 0.2) is 18.3 Å². The number of hydrogen-bond donors (Lipinski definition) is 1. The Balaban J connectivity index is 1.88. The summed E-state index contributed by atoms with van der Waals surface area (Å²) >= 11 is 0. The molecule has 0 atom stereocenters. The summed E-state index contributed by atoms with van der Waals surface area (Å²) in [7, 11) is 0. The molecule has 19 heavy (non-hydrogen) atoms. The Morgan fingerprint density at radius 1 is 1.47 bits per heavy atom. The molecule has 1 N–H and O–H groups in total. The smallest absolute Gasteiger partial charge is 0.250 e. The number of aromatic nitrogens is 1. The normalized spacial score (nSPS) is 15.3. The summed E-state index contributed by atoms with van der Waals surface area (Å²) in [6.07, 6.45) is 1.66. The maximum atomic E-state index is 11.5. The molecular formula is C13H19N3O3. The molecule has 0 radical (unpaired) electrons. The Bertz CT molecular complexity index is 402. The molecule has 0 saturated carbocycles. The van der Waals surface area contributed by atoms with Crippen molar-refractivity contribution < 1.29 is 14.3 Å². The summed E-state index contributed by atoms with van der Waals surface area (Å²) in [5, 5.41) is 2.74. The number of anilines is 2. The van der Waals surface area contributed by atoms with Crippen molar-refractivity contribution in [2.45, 2.75) is 6.92 Å². The summed E-state index contributed by atoms with van der Waals surface area (Å²) in [6.45, 7) is 5.62. The predicted molar refractivity (Wildman–Crippen MR) is 72.4 cm³/mol. The summed E-state index contributed by atoms with van der Waals surface area (Å²) in [6, 6.07) is 3.75. The molecule has 1 aromatic heterocycles. The van der Waals surface area contributed by atoms with Gasteiger partial charge in [0.05, 0.1) is 25.1 Å². The van der Waals surface area contributed by atoms with E-state index in [1.807, 2.05) is 19.1 Å². The first-order chi connectivity index (χ1) is 9.29. The maximum Gasteiger partial charge on any atom is 0.250 e. The zero-order chi connectivity index (χ0) is 13.5. The fraction of sp³-hybridized carbons (Fsp3) is 0.538. The van der Waals surface area contributed by atoms with Gasteiger partial charge in [-0.3, -0.25) is 4.79 Å². The zero-order valence-corrected chi connectivity index (χ0v) is 11.1. The summed E-state index contributed by atoms with van der Waals surface area (Å²) < 4.78 is 10.3. The van der Waals surface area contributed by atoms with Crippen molar-refractivity contribution in [3.8, 4) is 0 Å². The number of hydrogen-bond acceptors (Lipinski definition) is 5. The maximum absolute atomic E-state index is 11.5. The lowest BCUT2D eigenvalue weighted by atomic mass is 10.3. The van der Waals surface area contributed by atoms with Gasteiger partial charge in [-0.25, -0.2) is 4.98 Å². The highest BCUT2D eigenvalue weighted by Gasteiger charge is 2.12. The number of nitrogens with one attached hydrogen (secondary N) is 1. The molecule has 1 fully saturated rings. The van der Waals surface area contributed by atoms with Crippen molar-refractivity contribution in [1.82, 2.24) is 4.98 Å². The second kappa shape index (κ2) is 7.06. The molecule has 6 heteroatoms. The molecule has 1 amide bonds. The van der Waals surface area contributed by atoms with Gasteiger partial charge in [-0.05, 0) is 19.1 Å². The number of pyridine rings is 1. The van der Waals surface area contributed by atoms with Crippen LogP contribution in [0.2, 0.25) is 0 Å². The van der Waals surface area contributed by atoms with E-state index in [9.17, 15) is 4.79 Å². The topological polar surface area (TPSA) is 63.7 Å². The third kappa shape index (κ3) is 4.18. The fourth-order valence-corrected chi connectivity index (χ4v) is 1.83. The largest absolute Gasteiger partial charge is 0.378 e. The van der Waals surface area contributed by atoms with Crippen LogP contribution < -0.4 is 10.2 Å². The molecule has 1 saturated heterocycles. The molecule has 0 bridgehead atoms. The molecule has 0 aliphatic carbocycles. The third-order valence-corrected chi connectivity index (χ3v) is 2.80. The first kappa shape index (κ1) is 13.8. The van der Waals surface area contributed by atoms with Crippen LogP contribution in [0.1, 0.15) is 6.92 Å². The number of carbonyl (C=O) groups excluding carboxylic acids is 1. The lowest BCUT2D eigenvalue weighted by Gasteiger charge is -2.27. The van der Waals surface area contributed by atoms with Crippen LogP contribution in [0.25, 0.3) is 0 Å². The van der Waals surface area contributed by atoms with Crippen molar-refractivity contribution in [3.63, 3.8) is 0 Å². The quantitative estimate of drug-likeness (QED) is 0.856. The lowest BCUT2D eigenvalue weighted by Crippen LogP contribution is -2.36. The van der Waals surface area contributed by atoms with Crippen molar-refractivity contribution in [2.75, 3.05) is 49.7 Å². The van der Waals surface area contributed by atoms with Gasteiger partial charge in [-0.15, -0.1) is 0 Å². The van der Waals surface area contributed by atoms with E-state index in [4.69, 9.17) is 9.47 Å². The monoisotopic (exact) mass is 265 g/mol. The Hall–Kier alpha value is -1.66. The highest BCUT2D eigenvalue weighted by molar-refractivity contribution is 5.91.